The van der Waals surface area contributed by atoms with Gasteiger partial charge in [0, 0.05) is 38.2 Å². The number of H-pyrrole nitrogens is 1. The zero-order chi connectivity index (χ0) is 18.1. The number of nitrogens with one attached hydrogen (secondary N) is 1. The number of nitrogens with zero attached hydrogens (tertiary/aromatic N) is 2. The van der Waals surface area contributed by atoms with Crippen molar-refractivity contribution in [3.8, 4) is 5.19 Å². The van der Waals surface area contributed by atoms with Gasteiger partial charge in [0.25, 0.3) is 11.1 Å². The first-order valence-electron chi connectivity index (χ1n) is 8.30. The number of para-hydroxylation sites is 1. The number of aromatic amines is 1. The molecule has 3 heterocycles. The van der Waals surface area contributed by atoms with Crippen molar-refractivity contribution in [3.05, 3.63) is 58.3 Å². The fraction of sp³-hybridized carbons (Fsp3) is 0.278. The van der Waals surface area contributed by atoms with E-state index in [0.29, 0.717) is 42.2 Å². The Hall–Kier alpha value is -2.74. The monoisotopic (exact) mass is 373 g/mol. The average molecular weight is 373 g/mol. The van der Waals surface area contributed by atoms with Crippen LogP contribution in [-0.4, -0.2) is 40.0 Å². The van der Waals surface area contributed by atoms with Crippen LogP contribution in [-0.2, 0) is 0 Å². The molecule has 1 saturated heterocycles. The van der Waals surface area contributed by atoms with Gasteiger partial charge in [0.2, 0.25) is 5.56 Å². The highest BCUT2D eigenvalue weighted by Gasteiger charge is 2.25. The van der Waals surface area contributed by atoms with Crippen molar-refractivity contribution in [1.82, 2.24) is 14.9 Å². The van der Waals surface area contributed by atoms with Crippen LogP contribution in [0, 0.1) is 5.82 Å². The van der Waals surface area contributed by atoms with Gasteiger partial charge in [0.15, 0.2) is 0 Å². The van der Waals surface area contributed by atoms with Crippen molar-refractivity contribution >= 4 is 27.5 Å². The van der Waals surface area contributed by atoms with Crippen LogP contribution in [0.3, 0.4) is 0 Å². The van der Waals surface area contributed by atoms with Gasteiger partial charge in [-0.15, -0.1) is 0 Å². The number of carbonyl (C=O) groups excluding carboxylic acids is 1. The molecule has 1 aliphatic heterocycles. The number of pyridine rings is 1. The summed E-state index contributed by atoms with van der Waals surface area (Å²) in [6.07, 6.45) is 2.72. The molecule has 2 aromatic heterocycles. The predicted molar refractivity (Wildman–Crippen MR) is 96.2 cm³/mol. The third-order valence-corrected chi connectivity index (χ3v) is 5.29. The van der Waals surface area contributed by atoms with Gasteiger partial charge in [0.1, 0.15) is 17.4 Å². The summed E-state index contributed by atoms with van der Waals surface area (Å²) in [5.41, 5.74) is 0.560. The fourth-order valence-electron chi connectivity index (χ4n) is 2.99. The van der Waals surface area contributed by atoms with E-state index in [1.165, 1.54) is 35.7 Å². The van der Waals surface area contributed by atoms with Crippen molar-refractivity contribution in [2.24, 2.45) is 0 Å². The lowest BCUT2D eigenvalue weighted by Gasteiger charge is -2.31. The second-order valence-electron chi connectivity index (χ2n) is 6.12. The van der Waals surface area contributed by atoms with Gasteiger partial charge in [-0.25, -0.2) is 4.39 Å². The molecule has 0 aliphatic carbocycles. The van der Waals surface area contributed by atoms with E-state index >= 15 is 0 Å². The Balaban J connectivity index is 1.38. The predicted octanol–water partition coefficient (Wildman–Crippen LogP) is 2.81. The van der Waals surface area contributed by atoms with Crippen LogP contribution in [0.25, 0.3) is 10.2 Å². The van der Waals surface area contributed by atoms with Crippen LogP contribution in [0.5, 0.6) is 5.19 Å². The lowest BCUT2D eigenvalue weighted by Crippen LogP contribution is -2.41. The Labute approximate surface area is 152 Å². The number of rotatable bonds is 3. The Morgan fingerprint density at radius 1 is 1.27 bits per heavy atom. The molecule has 1 aromatic carbocycles. The molecule has 3 aromatic rings. The summed E-state index contributed by atoms with van der Waals surface area (Å²) >= 11 is 1.32. The summed E-state index contributed by atoms with van der Waals surface area (Å²) in [7, 11) is 0. The van der Waals surface area contributed by atoms with Crippen molar-refractivity contribution < 1.29 is 13.9 Å². The molecular weight excluding hydrogens is 357 g/mol. The fourth-order valence-corrected chi connectivity index (χ4v) is 3.89. The van der Waals surface area contributed by atoms with Crippen molar-refractivity contribution in [2.75, 3.05) is 13.1 Å². The minimum atomic E-state index is -0.352. The Morgan fingerprint density at radius 3 is 2.77 bits per heavy atom. The number of fused-ring (bicyclic) bond motifs is 1. The van der Waals surface area contributed by atoms with Crippen molar-refractivity contribution in [2.45, 2.75) is 18.9 Å². The first kappa shape index (κ1) is 16.7. The van der Waals surface area contributed by atoms with Gasteiger partial charge in [-0.1, -0.05) is 17.4 Å². The van der Waals surface area contributed by atoms with E-state index in [9.17, 15) is 14.0 Å². The van der Waals surface area contributed by atoms with E-state index in [4.69, 9.17) is 4.74 Å². The first-order chi connectivity index (χ1) is 12.6. The van der Waals surface area contributed by atoms with E-state index in [1.54, 1.807) is 11.0 Å². The van der Waals surface area contributed by atoms with Gasteiger partial charge >= 0.3 is 0 Å². The van der Waals surface area contributed by atoms with E-state index in [2.05, 4.69) is 9.97 Å². The van der Waals surface area contributed by atoms with E-state index < -0.39 is 0 Å². The molecule has 26 heavy (non-hydrogen) atoms. The molecule has 1 amide bonds. The number of halogens is 1. The molecule has 0 unspecified atom stereocenters. The number of aromatic nitrogens is 2. The SMILES string of the molecule is O=C(c1ccc(=O)[nH]c1)N1CCC(Oc2nc3c(F)cccc3s2)CC1. The van der Waals surface area contributed by atoms with E-state index in [1.807, 2.05) is 6.07 Å². The Bertz CT molecular complexity index is 988. The second kappa shape index (κ2) is 6.87. The van der Waals surface area contributed by atoms with Crippen LogP contribution in [0.15, 0.2) is 41.3 Å². The molecule has 8 heteroatoms. The minimum absolute atomic E-state index is 0.0572. The first-order valence-corrected chi connectivity index (χ1v) is 9.11. The Kier molecular flexibility index (Phi) is 4.42. The lowest BCUT2D eigenvalue weighted by molar-refractivity contribution is 0.0595. The van der Waals surface area contributed by atoms with E-state index in [0.717, 1.165) is 4.70 Å². The molecule has 1 aliphatic rings. The lowest BCUT2D eigenvalue weighted by atomic mass is 10.1. The zero-order valence-corrected chi connectivity index (χ0v) is 14.6. The highest BCUT2D eigenvalue weighted by Crippen LogP contribution is 2.31. The van der Waals surface area contributed by atoms with Gasteiger partial charge in [-0.3, -0.25) is 9.59 Å². The average Bonchev–Trinajstić information content (AvgIpc) is 3.06. The maximum Gasteiger partial charge on any atom is 0.274 e. The molecular formula is C18H16FN3O3S. The van der Waals surface area contributed by atoms with Gasteiger partial charge in [0.05, 0.1) is 10.3 Å². The maximum absolute atomic E-state index is 13.7. The normalized spacial score (nSPS) is 15.3. The van der Waals surface area contributed by atoms with Crippen LogP contribution in [0.1, 0.15) is 23.2 Å². The van der Waals surface area contributed by atoms with Crippen LogP contribution in [0.2, 0.25) is 0 Å². The van der Waals surface area contributed by atoms with Gasteiger partial charge in [-0.2, -0.15) is 4.98 Å². The summed E-state index contributed by atoms with van der Waals surface area (Å²) in [5.74, 6) is -0.461. The highest BCUT2D eigenvalue weighted by molar-refractivity contribution is 7.20. The van der Waals surface area contributed by atoms with Crippen molar-refractivity contribution in [1.29, 1.82) is 0 Å². The maximum atomic E-state index is 13.7. The quantitative estimate of drug-likeness (QED) is 0.766. The number of likely N-dealkylation sites (tertiary alicyclic amines) is 1. The standard InChI is InChI=1S/C18H16FN3O3S/c19-13-2-1-3-14-16(13)21-18(26-14)25-12-6-8-22(9-7-12)17(24)11-4-5-15(23)20-10-11/h1-5,10,12H,6-9H2,(H,20,23). The van der Waals surface area contributed by atoms with Crippen molar-refractivity contribution in [3.63, 3.8) is 0 Å². The number of hydrogen-bond donors (Lipinski definition) is 1. The molecule has 0 spiro atoms. The number of hydrogen-bond acceptors (Lipinski definition) is 5. The topological polar surface area (TPSA) is 75.3 Å². The largest absolute Gasteiger partial charge is 0.467 e. The second-order valence-corrected chi connectivity index (χ2v) is 7.11. The molecule has 0 bridgehead atoms. The third kappa shape index (κ3) is 3.32. The molecule has 6 nitrogen and oxygen atoms in total. The summed E-state index contributed by atoms with van der Waals surface area (Å²) in [5, 5.41) is 0.454. The summed E-state index contributed by atoms with van der Waals surface area (Å²) in [6, 6.07) is 7.72. The molecule has 1 fully saturated rings. The summed E-state index contributed by atoms with van der Waals surface area (Å²) in [4.78, 5) is 32.0. The molecule has 0 saturated carbocycles. The van der Waals surface area contributed by atoms with Gasteiger partial charge < -0.3 is 14.6 Å². The smallest absolute Gasteiger partial charge is 0.274 e. The van der Waals surface area contributed by atoms with Gasteiger partial charge in [-0.05, 0) is 18.2 Å². The summed E-state index contributed by atoms with van der Waals surface area (Å²) < 4.78 is 20.4. The number of carbonyl (C=O) groups is 1. The number of piperidine rings is 1. The molecule has 0 radical (unpaired) electrons. The van der Waals surface area contributed by atoms with Crippen LogP contribution < -0.4 is 10.3 Å². The van der Waals surface area contributed by atoms with Crippen LogP contribution >= 0.6 is 11.3 Å². The number of benzene rings is 1. The number of thiazole rings is 1. The minimum Gasteiger partial charge on any atom is -0.467 e. The Morgan fingerprint density at radius 2 is 2.08 bits per heavy atom. The van der Waals surface area contributed by atoms with E-state index in [-0.39, 0.29) is 23.4 Å². The third-order valence-electron chi connectivity index (χ3n) is 4.38. The molecule has 0 atom stereocenters. The summed E-state index contributed by atoms with van der Waals surface area (Å²) in [6.45, 7) is 1.11. The number of amides is 1. The van der Waals surface area contributed by atoms with Crippen LogP contribution in [0.4, 0.5) is 4.39 Å². The molecule has 1 N–H and O–H groups in total. The number of ether oxygens (including phenoxy) is 1. The zero-order valence-electron chi connectivity index (χ0n) is 13.8. The molecule has 134 valence electrons. The molecule has 4 rings (SSSR count). The highest BCUT2D eigenvalue weighted by atomic mass is 32.1.